The molecule has 4 rings (SSSR count). The lowest BCUT2D eigenvalue weighted by Crippen LogP contribution is -2.39. The van der Waals surface area contributed by atoms with Crippen LogP contribution in [0, 0.1) is 0 Å². The van der Waals surface area contributed by atoms with E-state index in [0.29, 0.717) is 17.8 Å². The molecule has 0 spiro atoms. The Hall–Kier alpha value is -2.28. The average Bonchev–Trinajstić information content (AvgIpc) is 3.49. The van der Waals surface area contributed by atoms with E-state index in [-0.39, 0.29) is 0 Å². The van der Waals surface area contributed by atoms with Gasteiger partial charge in [0, 0.05) is 43.9 Å². The zero-order valence-electron chi connectivity index (χ0n) is 14.6. The standard InChI is InChI=1S/C18H24N6O/c1-25-17-10-16(20-12-21-17)22-14-5-8-24(9-6-14)11-15-4-7-19-18(23-15)13-2-3-13/h4,7,10,12-14H,2-3,5-6,8-9,11H2,1H3,(H,20,21,22). The number of hydrogen-bond donors (Lipinski definition) is 1. The molecule has 3 heterocycles. The van der Waals surface area contributed by atoms with Gasteiger partial charge in [0.15, 0.2) is 0 Å². The molecule has 0 unspecified atom stereocenters. The molecule has 2 aromatic heterocycles. The molecule has 2 fully saturated rings. The van der Waals surface area contributed by atoms with Crippen LogP contribution in [0.1, 0.15) is 43.1 Å². The smallest absolute Gasteiger partial charge is 0.218 e. The van der Waals surface area contributed by atoms with Gasteiger partial charge >= 0.3 is 0 Å². The van der Waals surface area contributed by atoms with E-state index < -0.39 is 0 Å². The number of nitrogens with zero attached hydrogens (tertiary/aromatic N) is 5. The maximum atomic E-state index is 5.15. The highest BCUT2D eigenvalue weighted by atomic mass is 16.5. The fourth-order valence-electron chi connectivity index (χ4n) is 3.24. The number of hydrogen-bond acceptors (Lipinski definition) is 7. The van der Waals surface area contributed by atoms with E-state index >= 15 is 0 Å². The van der Waals surface area contributed by atoms with Gasteiger partial charge in [-0.05, 0) is 31.7 Å². The summed E-state index contributed by atoms with van der Waals surface area (Å²) >= 11 is 0. The Balaban J connectivity index is 1.28. The van der Waals surface area contributed by atoms with E-state index in [9.17, 15) is 0 Å². The zero-order chi connectivity index (χ0) is 17.1. The van der Waals surface area contributed by atoms with Crippen LogP contribution < -0.4 is 10.1 Å². The Bertz CT molecular complexity index is 712. The molecule has 0 bridgehead atoms. The molecule has 0 aromatic carbocycles. The van der Waals surface area contributed by atoms with Crippen molar-refractivity contribution < 1.29 is 4.74 Å². The van der Waals surface area contributed by atoms with Crippen molar-refractivity contribution in [3.05, 3.63) is 36.2 Å². The molecule has 2 aliphatic rings. The van der Waals surface area contributed by atoms with Gasteiger partial charge in [0.1, 0.15) is 18.0 Å². The van der Waals surface area contributed by atoms with Crippen molar-refractivity contribution in [3.8, 4) is 5.88 Å². The zero-order valence-corrected chi connectivity index (χ0v) is 14.6. The van der Waals surface area contributed by atoms with Crippen LogP contribution >= 0.6 is 0 Å². The minimum atomic E-state index is 0.434. The molecule has 0 atom stereocenters. The maximum absolute atomic E-state index is 5.15. The predicted octanol–water partition coefficient (Wildman–Crippen LogP) is 2.23. The van der Waals surface area contributed by atoms with E-state index in [1.54, 1.807) is 7.11 Å². The van der Waals surface area contributed by atoms with Crippen molar-refractivity contribution in [1.82, 2.24) is 24.8 Å². The largest absolute Gasteiger partial charge is 0.481 e. The van der Waals surface area contributed by atoms with Gasteiger partial charge in [-0.1, -0.05) is 0 Å². The van der Waals surface area contributed by atoms with Crippen molar-refractivity contribution in [2.24, 2.45) is 0 Å². The monoisotopic (exact) mass is 340 g/mol. The molecule has 7 nitrogen and oxygen atoms in total. The fourth-order valence-corrected chi connectivity index (χ4v) is 3.24. The summed E-state index contributed by atoms with van der Waals surface area (Å²) in [5, 5.41) is 3.49. The lowest BCUT2D eigenvalue weighted by atomic mass is 10.0. The first-order chi connectivity index (χ1) is 12.3. The first-order valence-electron chi connectivity index (χ1n) is 8.97. The second-order valence-corrected chi connectivity index (χ2v) is 6.82. The van der Waals surface area contributed by atoms with E-state index in [2.05, 4.69) is 25.2 Å². The van der Waals surface area contributed by atoms with Crippen LogP contribution in [0.2, 0.25) is 0 Å². The Kier molecular flexibility index (Phi) is 4.74. The number of piperidine rings is 1. The highest BCUT2D eigenvalue weighted by molar-refractivity contribution is 5.38. The minimum Gasteiger partial charge on any atom is -0.481 e. The Morgan fingerprint density at radius 3 is 2.76 bits per heavy atom. The maximum Gasteiger partial charge on any atom is 0.218 e. The van der Waals surface area contributed by atoms with Gasteiger partial charge in [-0.2, -0.15) is 0 Å². The van der Waals surface area contributed by atoms with Crippen LogP contribution in [0.25, 0.3) is 0 Å². The number of methoxy groups -OCH3 is 1. The third kappa shape index (κ3) is 4.22. The van der Waals surface area contributed by atoms with E-state index in [1.807, 2.05) is 18.3 Å². The first-order valence-corrected chi connectivity index (χ1v) is 8.97. The molecule has 132 valence electrons. The summed E-state index contributed by atoms with van der Waals surface area (Å²) in [5.74, 6) is 3.06. The molecule has 2 aromatic rings. The first kappa shape index (κ1) is 16.2. The van der Waals surface area contributed by atoms with E-state index in [0.717, 1.165) is 49.8 Å². The summed E-state index contributed by atoms with van der Waals surface area (Å²) in [6.07, 6.45) is 8.11. The molecule has 1 aliphatic heterocycles. The van der Waals surface area contributed by atoms with E-state index in [1.165, 1.54) is 19.2 Å². The molecule has 0 radical (unpaired) electrons. The van der Waals surface area contributed by atoms with Crippen LogP contribution in [0.3, 0.4) is 0 Å². The summed E-state index contributed by atoms with van der Waals surface area (Å²) in [5.41, 5.74) is 1.14. The third-order valence-electron chi connectivity index (χ3n) is 4.85. The van der Waals surface area contributed by atoms with Gasteiger partial charge in [0.25, 0.3) is 0 Å². The normalized spacial score (nSPS) is 18.9. The lowest BCUT2D eigenvalue weighted by Gasteiger charge is -2.32. The van der Waals surface area contributed by atoms with Gasteiger partial charge in [0.05, 0.1) is 12.8 Å². The van der Waals surface area contributed by atoms with Gasteiger partial charge in [-0.15, -0.1) is 0 Å². The van der Waals surface area contributed by atoms with Crippen molar-refractivity contribution in [2.45, 2.75) is 44.2 Å². The number of aromatic nitrogens is 4. The molecule has 1 saturated carbocycles. The van der Waals surface area contributed by atoms with E-state index in [4.69, 9.17) is 9.72 Å². The van der Waals surface area contributed by atoms with Crippen molar-refractivity contribution >= 4 is 5.82 Å². The van der Waals surface area contributed by atoms with Crippen molar-refractivity contribution in [2.75, 3.05) is 25.5 Å². The summed E-state index contributed by atoms with van der Waals surface area (Å²) < 4.78 is 5.15. The van der Waals surface area contributed by atoms with Crippen LogP contribution in [-0.2, 0) is 6.54 Å². The third-order valence-corrected chi connectivity index (χ3v) is 4.85. The fraction of sp³-hybridized carbons (Fsp3) is 0.556. The van der Waals surface area contributed by atoms with Crippen LogP contribution in [0.5, 0.6) is 5.88 Å². The highest BCUT2D eigenvalue weighted by Gasteiger charge is 2.27. The molecule has 0 amide bonds. The minimum absolute atomic E-state index is 0.434. The molecule has 1 N–H and O–H groups in total. The van der Waals surface area contributed by atoms with Gasteiger partial charge in [0.2, 0.25) is 5.88 Å². The van der Waals surface area contributed by atoms with Gasteiger partial charge in [-0.3, -0.25) is 4.90 Å². The Labute approximate surface area is 147 Å². The average molecular weight is 340 g/mol. The number of rotatable bonds is 6. The number of nitrogens with one attached hydrogen (secondary N) is 1. The van der Waals surface area contributed by atoms with Gasteiger partial charge in [-0.25, -0.2) is 19.9 Å². The quantitative estimate of drug-likeness (QED) is 0.864. The number of likely N-dealkylation sites (tertiary alicyclic amines) is 1. The lowest BCUT2D eigenvalue weighted by molar-refractivity contribution is 0.208. The number of anilines is 1. The van der Waals surface area contributed by atoms with Gasteiger partial charge < -0.3 is 10.1 Å². The highest BCUT2D eigenvalue weighted by Crippen LogP contribution is 2.37. The molecule has 1 saturated heterocycles. The molecular weight excluding hydrogens is 316 g/mol. The second kappa shape index (κ2) is 7.31. The second-order valence-electron chi connectivity index (χ2n) is 6.82. The summed E-state index contributed by atoms with van der Waals surface area (Å²) in [6, 6.07) is 4.32. The van der Waals surface area contributed by atoms with Crippen molar-refractivity contribution in [3.63, 3.8) is 0 Å². The molecule has 25 heavy (non-hydrogen) atoms. The summed E-state index contributed by atoms with van der Waals surface area (Å²) in [4.78, 5) is 19.9. The summed E-state index contributed by atoms with van der Waals surface area (Å²) in [7, 11) is 1.62. The number of ether oxygens (including phenoxy) is 1. The molecular formula is C18H24N6O. The molecule has 1 aliphatic carbocycles. The SMILES string of the molecule is COc1cc(NC2CCN(Cc3ccnc(C4CC4)n3)CC2)ncn1. The Morgan fingerprint density at radius 1 is 1.16 bits per heavy atom. The Morgan fingerprint density at radius 2 is 2.00 bits per heavy atom. The van der Waals surface area contributed by atoms with Crippen LogP contribution in [0.4, 0.5) is 5.82 Å². The predicted molar refractivity (Wildman–Crippen MR) is 94.5 cm³/mol. The topological polar surface area (TPSA) is 76.1 Å². The van der Waals surface area contributed by atoms with Crippen LogP contribution in [0.15, 0.2) is 24.7 Å². The van der Waals surface area contributed by atoms with Crippen molar-refractivity contribution in [1.29, 1.82) is 0 Å². The molecule has 7 heteroatoms. The summed E-state index contributed by atoms with van der Waals surface area (Å²) in [6.45, 7) is 3.03. The van der Waals surface area contributed by atoms with Crippen LogP contribution in [-0.4, -0.2) is 51.1 Å².